The van der Waals surface area contributed by atoms with Crippen molar-refractivity contribution in [2.24, 2.45) is 0 Å². The number of thiophene rings is 1. The highest BCUT2D eigenvalue weighted by Gasteiger charge is 2.13. The van der Waals surface area contributed by atoms with Gasteiger partial charge < -0.3 is 5.11 Å². The van der Waals surface area contributed by atoms with E-state index in [1.165, 1.54) is 10.4 Å². The summed E-state index contributed by atoms with van der Waals surface area (Å²) >= 11 is 3.24. The standard InChI is InChI=1S/C20H16N2OS2/c23-17(14-7-3-1-4-8-14)12-24-19-16-11-18(15-9-5-2-6-10-15)25-20(16)22-13-21-19/h1-11,13,17,23H,12H2. The number of hydrogen-bond donors (Lipinski definition) is 1. The van der Waals surface area contributed by atoms with Gasteiger partial charge in [-0.05, 0) is 17.2 Å². The topological polar surface area (TPSA) is 46.0 Å². The molecule has 0 aliphatic carbocycles. The molecule has 0 fully saturated rings. The Morgan fingerprint density at radius 2 is 1.68 bits per heavy atom. The zero-order chi connectivity index (χ0) is 17.1. The van der Waals surface area contributed by atoms with Crippen molar-refractivity contribution in [3.8, 4) is 10.4 Å². The average Bonchev–Trinajstić information content (AvgIpc) is 3.12. The monoisotopic (exact) mass is 364 g/mol. The molecule has 5 heteroatoms. The van der Waals surface area contributed by atoms with Crippen LogP contribution in [0.15, 0.2) is 78.1 Å². The first-order chi connectivity index (χ1) is 12.3. The summed E-state index contributed by atoms with van der Waals surface area (Å²) < 4.78 is 0. The van der Waals surface area contributed by atoms with Gasteiger partial charge >= 0.3 is 0 Å². The fraction of sp³-hybridized carbons (Fsp3) is 0.100. The number of nitrogens with zero attached hydrogens (tertiary/aromatic N) is 2. The van der Waals surface area contributed by atoms with Crippen LogP contribution >= 0.6 is 23.1 Å². The third-order valence-electron chi connectivity index (χ3n) is 3.91. The molecule has 25 heavy (non-hydrogen) atoms. The number of thioether (sulfide) groups is 1. The van der Waals surface area contributed by atoms with Crippen molar-refractivity contribution in [3.05, 3.63) is 78.6 Å². The molecule has 0 bridgehead atoms. The molecule has 1 unspecified atom stereocenters. The van der Waals surface area contributed by atoms with E-state index in [4.69, 9.17) is 0 Å². The Hall–Kier alpha value is -2.21. The van der Waals surface area contributed by atoms with Crippen molar-refractivity contribution >= 4 is 33.3 Å². The summed E-state index contributed by atoms with van der Waals surface area (Å²) in [6, 6.07) is 22.2. The number of aliphatic hydroxyl groups excluding tert-OH is 1. The molecule has 0 aliphatic heterocycles. The molecule has 0 aliphatic rings. The fourth-order valence-electron chi connectivity index (χ4n) is 2.62. The van der Waals surface area contributed by atoms with Crippen molar-refractivity contribution < 1.29 is 5.11 Å². The number of fused-ring (bicyclic) bond motifs is 1. The average molecular weight is 364 g/mol. The third-order valence-corrected chi connectivity index (χ3v) is 6.09. The molecule has 0 amide bonds. The largest absolute Gasteiger partial charge is 0.388 e. The van der Waals surface area contributed by atoms with Gasteiger partial charge in [0.05, 0.1) is 6.10 Å². The molecule has 2 aromatic carbocycles. The number of rotatable bonds is 5. The summed E-state index contributed by atoms with van der Waals surface area (Å²) in [4.78, 5) is 11.0. The van der Waals surface area contributed by atoms with Crippen molar-refractivity contribution in [1.82, 2.24) is 9.97 Å². The van der Waals surface area contributed by atoms with Gasteiger partial charge in [-0.15, -0.1) is 23.1 Å². The fourth-order valence-corrected chi connectivity index (χ4v) is 4.63. The number of aliphatic hydroxyl groups is 1. The van der Waals surface area contributed by atoms with Crippen molar-refractivity contribution in [2.75, 3.05) is 5.75 Å². The second-order valence-corrected chi connectivity index (χ2v) is 7.65. The van der Waals surface area contributed by atoms with Crippen LogP contribution in [-0.4, -0.2) is 20.8 Å². The van der Waals surface area contributed by atoms with E-state index >= 15 is 0 Å². The maximum absolute atomic E-state index is 10.4. The Kier molecular flexibility index (Phi) is 4.78. The summed E-state index contributed by atoms with van der Waals surface area (Å²) in [5, 5.41) is 12.3. The molecule has 0 spiro atoms. The quantitative estimate of drug-likeness (QED) is 0.391. The van der Waals surface area contributed by atoms with Gasteiger partial charge in [-0.1, -0.05) is 60.7 Å². The molecule has 2 heterocycles. The van der Waals surface area contributed by atoms with Crippen molar-refractivity contribution in [1.29, 1.82) is 0 Å². The lowest BCUT2D eigenvalue weighted by molar-refractivity contribution is 0.204. The molecular formula is C20H16N2OS2. The van der Waals surface area contributed by atoms with E-state index in [1.807, 2.05) is 48.5 Å². The summed E-state index contributed by atoms with van der Waals surface area (Å²) in [7, 11) is 0. The van der Waals surface area contributed by atoms with E-state index in [-0.39, 0.29) is 0 Å². The lowest BCUT2D eigenvalue weighted by Gasteiger charge is -2.10. The maximum Gasteiger partial charge on any atom is 0.128 e. The van der Waals surface area contributed by atoms with Gasteiger partial charge in [-0.2, -0.15) is 0 Å². The predicted molar refractivity (Wildman–Crippen MR) is 105 cm³/mol. The molecule has 1 atom stereocenters. The van der Waals surface area contributed by atoms with E-state index in [2.05, 4.69) is 28.2 Å². The first-order valence-corrected chi connectivity index (χ1v) is 9.77. The second-order valence-electron chi connectivity index (χ2n) is 5.61. The zero-order valence-corrected chi connectivity index (χ0v) is 15.0. The molecule has 0 saturated carbocycles. The highest BCUT2D eigenvalue weighted by Crippen LogP contribution is 2.36. The summed E-state index contributed by atoms with van der Waals surface area (Å²) in [5.74, 6) is 0.562. The van der Waals surface area contributed by atoms with Gasteiger partial charge in [-0.25, -0.2) is 9.97 Å². The lowest BCUT2D eigenvalue weighted by Crippen LogP contribution is -2.00. The van der Waals surface area contributed by atoms with Crippen molar-refractivity contribution in [3.63, 3.8) is 0 Å². The minimum absolute atomic E-state index is 0.511. The van der Waals surface area contributed by atoms with Gasteiger partial charge in [0.2, 0.25) is 0 Å². The highest BCUT2D eigenvalue weighted by molar-refractivity contribution is 7.99. The van der Waals surface area contributed by atoms with Crippen LogP contribution < -0.4 is 0 Å². The molecule has 1 N–H and O–H groups in total. The number of benzene rings is 2. The van der Waals surface area contributed by atoms with Gasteiger partial charge in [0.25, 0.3) is 0 Å². The molecule has 4 rings (SSSR count). The van der Waals surface area contributed by atoms with E-state index in [1.54, 1.807) is 29.4 Å². The number of aromatic nitrogens is 2. The van der Waals surface area contributed by atoms with Crippen LogP contribution in [0.25, 0.3) is 20.7 Å². The lowest BCUT2D eigenvalue weighted by atomic mass is 10.1. The van der Waals surface area contributed by atoms with E-state index in [9.17, 15) is 5.11 Å². The molecule has 3 nitrogen and oxygen atoms in total. The predicted octanol–water partition coefficient (Wildman–Crippen LogP) is 5.18. The van der Waals surface area contributed by atoms with Crippen LogP contribution in [0, 0.1) is 0 Å². The van der Waals surface area contributed by atoms with Gasteiger partial charge in [0, 0.05) is 16.0 Å². The number of hydrogen-bond acceptors (Lipinski definition) is 5. The van der Waals surface area contributed by atoms with Crippen molar-refractivity contribution in [2.45, 2.75) is 11.1 Å². The van der Waals surface area contributed by atoms with E-state index in [0.717, 1.165) is 20.8 Å². The second kappa shape index (κ2) is 7.35. The zero-order valence-electron chi connectivity index (χ0n) is 13.4. The van der Waals surface area contributed by atoms with Gasteiger partial charge in [0.15, 0.2) is 0 Å². The van der Waals surface area contributed by atoms with Gasteiger partial charge in [-0.3, -0.25) is 0 Å². The van der Waals surface area contributed by atoms with E-state index in [0.29, 0.717) is 5.75 Å². The van der Waals surface area contributed by atoms with Crippen LogP contribution in [0.1, 0.15) is 11.7 Å². The molecule has 2 aromatic heterocycles. The third kappa shape index (κ3) is 3.58. The summed E-state index contributed by atoms with van der Waals surface area (Å²) in [6.07, 6.45) is 1.09. The Morgan fingerprint density at radius 3 is 2.44 bits per heavy atom. The minimum atomic E-state index is -0.511. The van der Waals surface area contributed by atoms with Crippen LogP contribution in [0.2, 0.25) is 0 Å². The Balaban J connectivity index is 1.59. The first kappa shape index (κ1) is 16.3. The summed E-state index contributed by atoms with van der Waals surface area (Å²) in [6.45, 7) is 0. The Labute approximate surface area is 154 Å². The Morgan fingerprint density at radius 1 is 0.960 bits per heavy atom. The van der Waals surface area contributed by atoms with Crippen LogP contribution in [0.4, 0.5) is 0 Å². The minimum Gasteiger partial charge on any atom is -0.388 e. The SMILES string of the molecule is OC(CSc1ncnc2sc(-c3ccccc3)cc12)c1ccccc1. The first-order valence-electron chi connectivity index (χ1n) is 7.97. The van der Waals surface area contributed by atoms with E-state index < -0.39 is 6.10 Å². The van der Waals surface area contributed by atoms with Gasteiger partial charge in [0.1, 0.15) is 16.2 Å². The van der Waals surface area contributed by atoms with Crippen LogP contribution in [-0.2, 0) is 0 Å². The maximum atomic E-state index is 10.4. The van der Waals surface area contributed by atoms with Crippen LogP contribution in [0.5, 0.6) is 0 Å². The molecule has 124 valence electrons. The molecular weight excluding hydrogens is 348 g/mol. The summed E-state index contributed by atoms with van der Waals surface area (Å²) in [5.41, 5.74) is 2.11. The normalized spacial score (nSPS) is 12.4. The smallest absolute Gasteiger partial charge is 0.128 e. The molecule has 0 radical (unpaired) electrons. The molecule has 0 saturated heterocycles. The van der Waals surface area contributed by atoms with Crippen LogP contribution in [0.3, 0.4) is 0 Å². The highest BCUT2D eigenvalue weighted by atomic mass is 32.2. The molecule has 4 aromatic rings. The Bertz CT molecular complexity index is 971.